The van der Waals surface area contributed by atoms with Gasteiger partial charge in [-0.25, -0.2) is 0 Å². The summed E-state index contributed by atoms with van der Waals surface area (Å²) >= 11 is 7.22. The molecule has 0 radical (unpaired) electrons. The summed E-state index contributed by atoms with van der Waals surface area (Å²) in [5, 5.41) is 12.6. The normalized spacial score (nSPS) is 17.1. The smallest absolute Gasteiger partial charge is 0.260 e. The number of amides is 2. The van der Waals surface area contributed by atoms with E-state index in [-0.39, 0.29) is 11.8 Å². The van der Waals surface area contributed by atoms with Gasteiger partial charge in [0.05, 0.1) is 10.9 Å². The number of hydrogen-bond acceptors (Lipinski definition) is 6. The second kappa shape index (κ2) is 8.97. The number of likely N-dealkylation sites (tertiary alicyclic amines) is 1. The standard InChI is InChI=1S/C21H20ClN5O2S/c1-14-5-11-17(12-6-14)27-21(23-24-25-27)30-18-4-2-3-13-26(20(18)29)19(28)15-7-9-16(22)10-8-15/h5-12,18H,2-4,13H2,1H3/t18-/m1/s1. The number of nitrogens with zero attached hydrogens (tertiary/aromatic N) is 5. The largest absolute Gasteiger partial charge is 0.278 e. The first-order valence-electron chi connectivity index (χ1n) is 9.66. The number of rotatable bonds is 4. The minimum absolute atomic E-state index is 0.212. The highest BCUT2D eigenvalue weighted by atomic mass is 35.5. The number of imide groups is 1. The third kappa shape index (κ3) is 4.39. The molecule has 3 aromatic rings. The molecule has 1 fully saturated rings. The van der Waals surface area contributed by atoms with Crippen molar-refractivity contribution in [1.29, 1.82) is 0 Å². The van der Waals surface area contributed by atoms with E-state index >= 15 is 0 Å². The van der Waals surface area contributed by atoms with E-state index in [1.807, 2.05) is 31.2 Å². The molecule has 30 heavy (non-hydrogen) atoms. The van der Waals surface area contributed by atoms with Crippen molar-refractivity contribution in [1.82, 2.24) is 25.1 Å². The molecule has 0 N–H and O–H groups in total. The predicted molar refractivity (Wildman–Crippen MR) is 115 cm³/mol. The maximum Gasteiger partial charge on any atom is 0.260 e. The topological polar surface area (TPSA) is 81.0 Å². The summed E-state index contributed by atoms with van der Waals surface area (Å²) in [6, 6.07) is 14.4. The Bertz CT molecular complexity index is 1050. The molecule has 4 rings (SSSR count). The SMILES string of the molecule is Cc1ccc(-n2nnnc2S[C@@H]2CCCCN(C(=O)c3ccc(Cl)cc3)C2=O)cc1. The van der Waals surface area contributed by atoms with Crippen molar-refractivity contribution >= 4 is 35.2 Å². The highest BCUT2D eigenvalue weighted by Gasteiger charge is 2.33. The molecule has 2 amide bonds. The molecule has 0 saturated carbocycles. The van der Waals surface area contributed by atoms with Crippen LogP contribution in [0.2, 0.25) is 5.02 Å². The van der Waals surface area contributed by atoms with Gasteiger partial charge in [-0.05, 0) is 66.6 Å². The van der Waals surface area contributed by atoms with Gasteiger partial charge in [0.25, 0.3) is 5.91 Å². The Morgan fingerprint density at radius 2 is 1.83 bits per heavy atom. The molecule has 9 heteroatoms. The van der Waals surface area contributed by atoms with Gasteiger partial charge in [0, 0.05) is 17.1 Å². The Kier molecular flexibility index (Phi) is 6.15. The summed E-state index contributed by atoms with van der Waals surface area (Å²) in [5.41, 5.74) is 2.41. The van der Waals surface area contributed by atoms with Crippen molar-refractivity contribution in [2.45, 2.75) is 36.6 Å². The molecule has 2 heterocycles. The van der Waals surface area contributed by atoms with Crippen LogP contribution < -0.4 is 0 Å². The van der Waals surface area contributed by atoms with Crippen LogP contribution in [0.3, 0.4) is 0 Å². The predicted octanol–water partition coefficient (Wildman–Crippen LogP) is 3.94. The summed E-state index contributed by atoms with van der Waals surface area (Å²) < 4.78 is 1.62. The molecule has 154 valence electrons. The fourth-order valence-corrected chi connectivity index (χ4v) is 4.51. The molecule has 2 aromatic carbocycles. The van der Waals surface area contributed by atoms with E-state index in [1.165, 1.54) is 16.7 Å². The first kappa shape index (κ1) is 20.6. The molecule has 0 aliphatic carbocycles. The van der Waals surface area contributed by atoms with Crippen LogP contribution in [-0.4, -0.2) is 48.7 Å². The summed E-state index contributed by atoms with van der Waals surface area (Å²) in [7, 11) is 0. The van der Waals surface area contributed by atoms with E-state index in [0.29, 0.717) is 28.7 Å². The highest BCUT2D eigenvalue weighted by Crippen LogP contribution is 2.30. The fourth-order valence-electron chi connectivity index (χ4n) is 3.29. The van der Waals surface area contributed by atoms with E-state index in [4.69, 9.17) is 11.6 Å². The number of benzene rings is 2. The lowest BCUT2D eigenvalue weighted by Gasteiger charge is -2.22. The van der Waals surface area contributed by atoms with Crippen molar-refractivity contribution in [2.75, 3.05) is 6.54 Å². The lowest BCUT2D eigenvalue weighted by molar-refractivity contribution is -0.127. The van der Waals surface area contributed by atoms with Crippen LogP contribution >= 0.6 is 23.4 Å². The maximum atomic E-state index is 13.2. The Hall–Kier alpha value is -2.71. The van der Waals surface area contributed by atoms with Crippen LogP contribution in [0.4, 0.5) is 0 Å². The highest BCUT2D eigenvalue weighted by molar-refractivity contribution is 8.00. The molecular weight excluding hydrogens is 422 g/mol. The number of tetrazole rings is 1. The van der Waals surface area contributed by atoms with Crippen LogP contribution in [0, 0.1) is 6.92 Å². The first-order valence-corrected chi connectivity index (χ1v) is 10.9. The van der Waals surface area contributed by atoms with E-state index in [2.05, 4.69) is 15.5 Å². The zero-order valence-corrected chi connectivity index (χ0v) is 17.9. The fraction of sp³-hybridized carbons (Fsp3) is 0.286. The molecule has 1 aliphatic heterocycles. The second-order valence-electron chi connectivity index (χ2n) is 7.11. The van der Waals surface area contributed by atoms with Gasteiger partial charge in [-0.15, -0.1) is 5.10 Å². The van der Waals surface area contributed by atoms with Crippen molar-refractivity contribution in [2.24, 2.45) is 0 Å². The van der Waals surface area contributed by atoms with E-state index in [0.717, 1.165) is 24.1 Å². The molecule has 0 bridgehead atoms. The van der Waals surface area contributed by atoms with E-state index < -0.39 is 5.25 Å². The Morgan fingerprint density at radius 1 is 1.10 bits per heavy atom. The summed E-state index contributed by atoms with van der Waals surface area (Å²) in [6.07, 6.45) is 2.28. The van der Waals surface area contributed by atoms with E-state index in [9.17, 15) is 9.59 Å². The summed E-state index contributed by atoms with van der Waals surface area (Å²) in [4.78, 5) is 27.5. The molecule has 1 atom stereocenters. The Labute approximate surface area is 183 Å². The van der Waals surface area contributed by atoms with Gasteiger partial charge in [-0.1, -0.05) is 47.5 Å². The number of carbonyl (C=O) groups excluding carboxylic acids is 2. The summed E-state index contributed by atoms with van der Waals surface area (Å²) in [5.74, 6) is -0.516. The minimum Gasteiger partial charge on any atom is -0.278 e. The number of aryl methyl sites for hydroxylation is 1. The monoisotopic (exact) mass is 441 g/mol. The van der Waals surface area contributed by atoms with Crippen molar-refractivity contribution < 1.29 is 9.59 Å². The van der Waals surface area contributed by atoms with Gasteiger partial charge in [0.1, 0.15) is 0 Å². The number of aromatic nitrogens is 4. The molecule has 7 nitrogen and oxygen atoms in total. The van der Waals surface area contributed by atoms with Crippen LogP contribution in [0.25, 0.3) is 5.69 Å². The quantitative estimate of drug-likeness (QED) is 0.570. The molecule has 1 aliphatic rings. The molecule has 1 saturated heterocycles. The second-order valence-corrected chi connectivity index (χ2v) is 8.72. The van der Waals surface area contributed by atoms with Crippen LogP contribution in [0.15, 0.2) is 53.7 Å². The molecule has 0 unspecified atom stereocenters. The number of hydrogen-bond donors (Lipinski definition) is 0. The lowest BCUT2D eigenvalue weighted by atomic mass is 10.2. The number of thioether (sulfide) groups is 1. The van der Waals surface area contributed by atoms with Crippen molar-refractivity contribution in [3.63, 3.8) is 0 Å². The van der Waals surface area contributed by atoms with Gasteiger partial charge < -0.3 is 0 Å². The average Bonchev–Trinajstić information content (AvgIpc) is 3.13. The number of halogens is 1. The van der Waals surface area contributed by atoms with Gasteiger partial charge in [0.2, 0.25) is 11.1 Å². The van der Waals surface area contributed by atoms with Gasteiger partial charge in [0.15, 0.2) is 0 Å². The van der Waals surface area contributed by atoms with Crippen LogP contribution in [-0.2, 0) is 4.79 Å². The van der Waals surface area contributed by atoms with Gasteiger partial charge in [-0.3, -0.25) is 14.5 Å². The third-order valence-corrected chi connectivity index (χ3v) is 6.38. The zero-order chi connectivity index (χ0) is 21.1. The first-order chi connectivity index (χ1) is 14.5. The maximum absolute atomic E-state index is 13.2. The average molecular weight is 442 g/mol. The minimum atomic E-state index is -0.432. The van der Waals surface area contributed by atoms with E-state index in [1.54, 1.807) is 28.9 Å². The third-order valence-electron chi connectivity index (χ3n) is 4.94. The Morgan fingerprint density at radius 3 is 2.57 bits per heavy atom. The van der Waals surface area contributed by atoms with Gasteiger partial charge >= 0.3 is 0 Å². The Balaban J connectivity index is 1.55. The van der Waals surface area contributed by atoms with Crippen LogP contribution in [0.5, 0.6) is 0 Å². The number of carbonyl (C=O) groups is 2. The van der Waals surface area contributed by atoms with Crippen molar-refractivity contribution in [3.8, 4) is 5.69 Å². The molecule has 1 aromatic heterocycles. The molecular formula is C21H20ClN5O2S. The van der Waals surface area contributed by atoms with Crippen LogP contribution in [0.1, 0.15) is 35.2 Å². The van der Waals surface area contributed by atoms with Gasteiger partial charge in [-0.2, -0.15) is 4.68 Å². The molecule has 0 spiro atoms. The summed E-state index contributed by atoms with van der Waals surface area (Å²) in [6.45, 7) is 2.41. The van der Waals surface area contributed by atoms with Crippen molar-refractivity contribution in [3.05, 3.63) is 64.7 Å². The lowest BCUT2D eigenvalue weighted by Crippen LogP contribution is -2.41. The zero-order valence-electron chi connectivity index (χ0n) is 16.4.